The lowest BCUT2D eigenvalue weighted by Gasteiger charge is -2.00. The van der Waals surface area contributed by atoms with E-state index in [-0.39, 0.29) is 16.1 Å². The third-order valence-electron chi connectivity index (χ3n) is 3.51. The third kappa shape index (κ3) is 3.23. The van der Waals surface area contributed by atoms with Gasteiger partial charge in [0, 0.05) is 22.0 Å². The van der Waals surface area contributed by atoms with Gasteiger partial charge in [0.05, 0.1) is 5.56 Å². The van der Waals surface area contributed by atoms with Crippen molar-refractivity contribution in [3.63, 3.8) is 0 Å². The van der Waals surface area contributed by atoms with E-state index >= 15 is 0 Å². The predicted molar refractivity (Wildman–Crippen MR) is 91.4 cm³/mol. The minimum Gasteiger partial charge on any atom is -0.334 e. The van der Waals surface area contributed by atoms with Gasteiger partial charge in [-0.05, 0) is 43.2 Å². The SMILES string of the molecule is O=S(=O)(NC1CC1)c1cc(-c2nc(-c3ccc(Cl)cc3)no2)cs1. The van der Waals surface area contributed by atoms with Crippen LogP contribution in [0.1, 0.15) is 12.8 Å². The summed E-state index contributed by atoms with van der Waals surface area (Å²) in [6.45, 7) is 0. The zero-order chi connectivity index (χ0) is 16.7. The summed E-state index contributed by atoms with van der Waals surface area (Å²) in [5.41, 5.74) is 1.36. The molecule has 0 atom stereocenters. The standard InChI is InChI=1S/C15H12ClN3O3S2/c16-11-3-1-9(2-4-11)14-17-15(22-18-14)10-7-13(23-8-10)24(20,21)19-12-5-6-12/h1-4,7-8,12,19H,5-6H2. The van der Waals surface area contributed by atoms with Crippen LogP contribution < -0.4 is 4.72 Å². The molecule has 3 aromatic rings. The van der Waals surface area contributed by atoms with E-state index in [4.69, 9.17) is 16.1 Å². The van der Waals surface area contributed by atoms with Gasteiger partial charge in [0.1, 0.15) is 4.21 Å². The number of nitrogens with zero attached hydrogens (tertiary/aromatic N) is 2. The monoisotopic (exact) mass is 381 g/mol. The Labute approximate surface area is 147 Å². The van der Waals surface area contributed by atoms with Crippen molar-refractivity contribution in [2.45, 2.75) is 23.1 Å². The highest BCUT2D eigenvalue weighted by molar-refractivity contribution is 7.91. The fourth-order valence-corrected chi connectivity index (χ4v) is 4.71. The molecule has 2 heterocycles. The first-order valence-electron chi connectivity index (χ1n) is 7.22. The lowest BCUT2D eigenvalue weighted by atomic mass is 10.2. The van der Waals surface area contributed by atoms with Crippen LogP contribution in [0, 0.1) is 0 Å². The lowest BCUT2D eigenvalue weighted by Crippen LogP contribution is -2.24. The molecule has 0 amide bonds. The van der Waals surface area contributed by atoms with Crippen LogP contribution in [0.25, 0.3) is 22.8 Å². The topological polar surface area (TPSA) is 85.1 Å². The second-order valence-electron chi connectivity index (χ2n) is 5.48. The largest absolute Gasteiger partial charge is 0.334 e. The third-order valence-corrected chi connectivity index (χ3v) is 6.73. The van der Waals surface area contributed by atoms with E-state index in [9.17, 15) is 8.42 Å². The smallest absolute Gasteiger partial charge is 0.259 e. The van der Waals surface area contributed by atoms with Gasteiger partial charge in [-0.25, -0.2) is 13.1 Å². The predicted octanol–water partition coefficient (Wildman–Crippen LogP) is 3.56. The van der Waals surface area contributed by atoms with Crippen molar-refractivity contribution in [2.24, 2.45) is 0 Å². The number of hydrogen-bond acceptors (Lipinski definition) is 6. The van der Waals surface area contributed by atoms with Gasteiger partial charge in [0.15, 0.2) is 0 Å². The van der Waals surface area contributed by atoms with Crippen LogP contribution in [0.3, 0.4) is 0 Å². The Hall–Kier alpha value is -1.74. The van der Waals surface area contributed by atoms with E-state index in [1.807, 2.05) is 0 Å². The van der Waals surface area contributed by atoms with Crippen LogP contribution in [-0.2, 0) is 10.0 Å². The molecule has 1 N–H and O–H groups in total. The molecular formula is C15H12ClN3O3S2. The van der Waals surface area contributed by atoms with E-state index in [0.29, 0.717) is 16.4 Å². The van der Waals surface area contributed by atoms with Crippen molar-refractivity contribution >= 4 is 33.0 Å². The Morgan fingerprint density at radius 2 is 1.96 bits per heavy atom. The number of benzene rings is 1. The van der Waals surface area contributed by atoms with Gasteiger partial charge < -0.3 is 4.52 Å². The van der Waals surface area contributed by atoms with Gasteiger partial charge in [-0.1, -0.05) is 16.8 Å². The number of halogens is 1. The van der Waals surface area contributed by atoms with Crippen molar-refractivity contribution in [3.8, 4) is 22.8 Å². The minimum absolute atomic E-state index is 0.0699. The molecule has 6 nitrogen and oxygen atoms in total. The molecule has 2 aromatic heterocycles. The molecule has 1 aliphatic rings. The number of nitrogens with one attached hydrogen (secondary N) is 1. The van der Waals surface area contributed by atoms with Crippen molar-refractivity contribution in [1.82, 2.24) is 14.9 Å². The quantitative estimate of drug-likeness (QED) is 0.730. The Kier molecular flexibility index (Phi) is 3.92. The molecule has 1 aliphatic carbocycles. The number of rotatable bonds is 5. The molecule has 0 bridgehead atoms. The summed E-state index contributed by atoms with van der Waals surface area (Å²) in [4.78, 5) is 4.32. The van der Waals surface area contributed by atoms with E-state index in [0.717, 1.165) is 29.7 Å². The van der Waals surface area contributed by atoms with E-state index in [2.05, 4.69) is 14.9 Å². The molecule has 4 rings (SSSR count). The molecule has 1 fully saturated rings. The first-order valence-corrected chi connectivity index (χ1v) is 9.96. The highest BCUT2D eigenvalue weighted by Crippen LogP contribution is 2.30. The van der Waals surface area contributed by atoms with Crippen LogP contribution in [0.15, 0.2) is 44.4 Å². The van der Waals surface area contributed by atoms with Gasteiger partial charge in [0.25, 0.3) is 5.89 Å². The minimum atomic E-state index is -3.47. The summed E-state index contributed by atoms with van der Waals surface area (Å²) in [5, 5.41) is 6.25. The summed E-state index contributed by atoms with van der Waals surface area (Å²) >= 11 is 6.99. The van der Waals surface area contributed by atoms with Crippen molar-refractivity contribution in [2.75, 3.05) is 0 Å². The van der Waals surface area contributed by atoms with Crippen molar-refractivity contribution in [3.05, 3.63) is 40.7 Å². The van der Waals surface area contributed by atoms with Gasteiger partial charge in [-0.3, -0.25) is 0 Å². The molecule has 0 aliphatic heterocycles. The first kappa shape index (κ1) is 15.8. The molecule has 1 aromatic carbocycles. The zero-order valence-electron chi connectivity index (χ0n) is 12.3. The van der Waals surface area contributed by atoms with Gasteiger partial charge in [-0.15, -0.1) is 11.3 Å². The normalized spacial score (nSPS) is 14.9. The zero-order valence-corrected chi connectivity index (χ0v) is 14.7. The number of thiophene rings is 1. The van der Waals surface area contributed by atoms with E-state index in [1.54, 1.807) is 35.7 Å². The highest BCUT2D eigenvalue weighted by atomic mass is 35.5. The summed E-state index contributed by atoms with van der Waals surface area (Å²) in [7, 11) is -3.47. The average molecular weight is 382 g/mol. The Balaban J connectivity index is 1.60. The first-order chi connectivity index (χ1) is 11.5. The van der Waals surface area contributed by atoms with Gasteiger partial charge in [0.2, 0.25) is 15.8 Å². The molecule has 9 heteroatoms. The van der Waals surface area contributed by atoms with Crippen LogP contribution in [0.2, 0.25) is 5.02 Å². The maximum absolute atomic E-state index is 12.2. The molecular weight excluding hydrogens is 370 g/mol. The maximum Gasteiger partial charge on any atom is 0.259 e. The Morgan fingerprint density at radius 1 is 1.21 bits per heavy atom. The van der Waals surface area contributed by atoms with Gasteiger partial charge >= 0.3 is 0 Å². The lowest BCUT2D eigenvalue weighted by molar-refractivity contribution is 0.432. The summed E-state index contributed by atoms with van der Waals surface area (Å²) < 4.78 is 32.6. The fraction of sp³-hybridized carbons (Fsp3) is 0.200. The average Bonchev–Trinajstić information content (AvgIpc) is 3.06. The summed E-state index contributed by atoms with van der Waals surface area (Å²) in [6, 6.07) is 8.69. The molecule has 124 valence electrons. The number of aromatic nitrogens is 2. The van der Waals surface area contributed by atoms with E-state index < -0.39 is 10.0 Å². The molecule has 1 saturated carbocycles. The van der Waals surface area contributed by atoms with E-state index in [1.165, 1.54) is 0 Å². The van der Waals surface area contributed by atoms with Crippen LogP contribution in [0.5, 0.6) is 0 Å². The number of sulfonamides is 1. The maximum atomic E-state index is 12.2. The van der Waals surface area contributed by atoms with Crippen molar-refractivity contribution in [1.29, 1.82) is 0 Å². The number of hydrogen-bond donors (Lipinski definition) is 1. The molecule has 0 saturated heterocycles. The second-order valence-corrected chi connectivity index (χ2v) is 8.77. The highest BCUT2D eigenvalue weighted by Gasteiger charge is 2.29. The Bertz CT molecular complexity index is 976. The summed E-state index contributed by atoms with van der Waals surface area (Å²) in [5.74, 6) is 0.706. The molecule has 0 radical (unpaired) electrons. The fourth-order valence-electron chi connectivity index (χ4n) is 2.11. The van der Waals surface area contributed by atoms with Gasteiger partial charge in [-0.2, -0.15) is 4.98 Å². The second kappa shape index (κ2) is 5.96. The van der Waals surface area contributed by atoms with Crippen LogP contribution in [0.4, 0.5) is 0 Å². The Morgan fingerprint density at radius 3 is 2.67 bits per heavy atom. The molecule has 24 heavy (non-hydrogen) atoms. The molecule has 0 spiro atoms. The van der Waals surface area contributed by atoms with Crippen molar-refractivity contribution < 1.29 is 12.9 Å². The van der Waals surface area contributed by atoms with Crippen LogP contribution >= 0.6 is 22.9 Å². The molecule has 0 unspecified atom stereocenters. The summed E-state index contributed by atoms with van der Waals surface area (Å²) in [6.07, 6.45) is 1.79. The van der Waals surface area contributed by atoms with Crippen LogP contribution in [-0.4, -0.2) is 24.6 Å².